The maximum atomic E-state index is 13.0. The summed E-state index contributed by atoms with van der Waals surface area (Å²) in [6.07, 6.45) is -1.50. The molecule has 1 aromatic carbocycles. The lowest BCUT2D eigenvalue weighted by Crippen LogP contribution is -2.42. The van der Waals surface area contributed by atoms with Crippen LogP contribution in [0.5, 0.6) is 5.75 Å². The zero-order chi connectivity index (χ0) is 31.3. The molecule has 1 saturated heterocycles. The number of nitro groups is 1. The zero-order valence-corrected chi connectivity index (χ0v) is 23.6. The minimum Gasteiger partial charge on any atom is -0.479 e. The third kappa shape index (κ3) is 7.25. The zero-order valence-electron chi connectivity index (χ0n) is 23.6. The van der Waals surface area contributed by atoms with Crippen LogP contribution >= 0.6 is 0 Å². The molecule has 0 bridgehead atoms. The number of nitrogens with zero attached hydrogens (tertiary/aromatic N) is 6. The molecule has 1 aliphatic rings. The van der Waals surface area contributed by atoms with Crippen molar-refractivity contribution in [2.24, 2.45) is 0 Å². The van der Waals surface area contributed by atoms with Crippen LogP contribution in [0.1, 0.15) is 18.4 Å². The molecular weight excluding hydrogens is 570 g/mol. The number of fused-ring (bicyclic) bond motifs is 1. The number of anilines is 1. The molecule has 230 valence electrons. The van der Waals surface area contributed by atoms with E-state index in [1.807, 2.05) is 0 Å². The quantitative estimate of drug-likeness (QED) is 0.224. The summed E-state index contributed by atoms with van der Waals surface area (Å²) >= 11 is 0. The smallest absolute Gasteiger partial charge is 0.409 e. The first-order valence-electron chi connectivity index (χ1n) is 13.1. The van der Waals surface area contributed by atoms with Crippen LogP contribution in [0.3, 0.4) is 0 Å². The Balaban J connectivity index is 1.31. The number of aliphatic hydroxyl groups excluding tert-OH is 1. The van der Waals surface area contributed by atoms with Gasteiger partial charge in [-0.1, -0.05) is 6.07 Å². The molecule has 0 radical (unpaired) electrons. The molecule has 0 spiro atoms. The van der Waals surface area contributed by atoms with E-state index in [9.17, 15) is 29.6 Å². The third-order valence-electron chi connectivity index (χ3n) is 6.72. The fourth-order valence-electron chi connectivity index (χ4n) is 4.36. The normalized spacial score (nSPS) is 18.1. The SMILES string of the molecule is CNc1ncnc2c1ccn2C(=O)N(C)CCN(C)C(=O)OCc1ccc(OC2CC(O)CC(C(=O)O)O2)c([N+](=O)[O-])c1. The molecule has 1 aliphatic heterocycles. The van der Waals surface area contributed by atoms with E-state index in [0.717, 1.165) is 6.07 Å². The number of rotatable bonds is 10. The number of likely N-dealkylation sites (N-methyl/N-ethyl adjacent to an activating group) is 2. The molecule has 0 saturated carbocycles. The van der Waals surface area contributed by atoms with Gasteiger partial charge in [0.1, 0.15) is 18.8 Å². The summed E-state index contributed by atoms with van der Waals surface area (Å²) in [5.41, 5.74) is 0.272. The first-order valence-corrected chi connectivity index (χ1v) is 13.1. The van der Waals surface area contributed by atoms with E-state index in [1.54, 1.807) is 26.4 Å². The van der Waals surface area contributed by atoms with Gasteiger partial charge in [0.15, 0.2) is 17.5 Å². The van der Waals surface area contributed by atoms with Crippen molar-refractivity contribution in [3.8, 4) is 5.75 Å². The largest absolute Gasteiger partial charge is 0.479 e. The average Bonchev–Trinajstić information content (AvgIpc) is 3.42. The number of amides is 2. The second-order valence-electron chi connectivity index (χ2n) is 9.77. The summed E-state index contributed by atoms with van der Waals surface area (Å²) in [6.45, 7) is 0.0163. The molecule has 17 heteroatoms. The van der Waals surface area contributed by atoms with Crippen LogP contribution < -0.4 is 10.1 Å². The van der Waals surface area contributed by atoms with Crippen molar-refractivity contribution in [1.82, 2.24) is 24.3 Å². The van der Waals surface area contributed by atoms with Crippen LogP contribution in [0, 0.1) is 10.1 Å². The first-order chi connectivity index (χ1) is 20.5. The predicted octanol–water partition coefficient (Wildman–Crippen LogP) is 1.88. The standard InChI is InChI=1S/C26H31N7O10/c1-27-22-17-6-7-32(23(17)29-14-28-22)25(37)30(2)8-9-31(3)26(38)41-13-15-4-5-19(18(10-15)33(39)40)42-21-12-16(34)11-20(43-21)24(35)36/h4-7,10,14,16,20-21,34H,8-9,11-13H2,1-3H3,(H,35,36)(H,27,28,29). The van der Waals surface area contributed by atoms with Crippen molar-refractivity contribution < 1.29 is 43.7 Å². The number of hydrogen-bond acceptors (Lipinski definition) is 12. The number of benzene rings is 1. The lowest BCUT2D eigenvalue weighted by atomic mass is 10.1. The lowest BCUT2D eigenvalue weighted by Gasteiger charge is -2.30. The molecule has 43 heavy (non-hydrogen) atoms. The molecule has 0 aliphatic carbocycles. The molecular formula is C26H31N7O10. The summed E-state index contributed by atoms with van der Waals surface area (Å²) in [7, 11) is 4.78. The van der Waals surface area contributed by atoms with E-state index in [1.165, 1.54) is 39.9 Å². The maximum absolute atomic E-state index is 13.0. The Morgan fingerprint density at radius 3 is 2.63 bits per heavy atom. The van der Waals surface area contributed by atoms with Crippen molar-refractivity contribution in [3.63, 3.8) is 0 Å². The highest BCUT2D eigenvalue weighted by atomic mass is 16.7. The van der Waals surface area contributed by atoms with E-state index in [4.69, 9.17) is 19.3 Å². The second-order valence-corrected chi connectivity index (χ2v) is 9.77. The molecule has 3 N–H and O–H groups in total. The van der Waals surface area contributed by atoms with Crippen molar-refractivity contribution in [3.05, 3.63) is 52.5 Å². The molecule has 1 fully saturated rings. The number of carboxylic acids is 1. The molecule has 3 atom stereocenters. The van der Waals surface area contributed by atoms with E-state index in [-0.39, 0.29) is 44.3 Å². The van der Waals surface area contributed by atoms with Crippen molar-refractivity contribution in [2.75, 3.05) is 39.5 Å². The van der Waals surface area contributed by atoms with Crippen LogP contribution in [-0.2, 0) is 20.9 Å². The van der Waals surface area contributed by atoms with Gasteiger partial charge in [-0.15, -0.1) is 0 Å². The summed E-state index contributed by atoms with van der Waals surface area (Å²) in [5, 5.41) is 34.4. The fraction of sp³-hybridized carbons (Fsp3) is 0.423. The minimum atomic E-state index is -1.31. The summed E-state index contributed by atoms with van der Waals surface area (Å²) < 4.78 is 17.5. The number of ether oxygens (including phenoxy) is 3. The monoisotopic (exact) mass is 601 g/mol. The van der Waals surface area contributed by atoms with Gasteiger partial charge in [-0.05, 0) is 17.7 Å². The number of carbonyl (C=O) groups is 3. The number of nitrogens with one attached hydrogen (secondary N) is 1. The number of aliphatic hydroxyl groups is 1. The molecule has 3 unspecified atom stereocenters. The average molecular weight is 602 g/mol. The Morgan fingerprint density at radius 1 is 1.19 bits per heavy atom. The number of hydrogen-bond donors (Lipinski definition) is 3. The highest BCUT2D eigenvalue weighted by Gasteiger charge is 2.35. The Hall–Kier alpha value is -5.03. The lowest BCUT2D eigenvalue weighted by molar-refractivity contribution is -0.386. The molecule has 4 rings (SSSR count). The third-order valence-corrected chi connectivity index (χ3v) is 6.72. The molecule has 2 aromatic heterocycles. The molecule has 2 amide bonds. The van der Waals surface area contributed by atoms with Crippen LogP contribution in [0.4, 0.5) is 21.1 Å². The van der Waals surface area contributed by atoms with Gasteiger partial charge < -0.3 is 39.5 Å². The predicted molar refractivity (Wildman–Crippen MR) is 149 cm³/mol. The van der Waals surface area contributed by atoms with Gasteiger partial charge in [-0.2, -0.15) is 0 Å². The van der Waals surface area contributed by atoms with Crippen LogP contribution in [0.2, 0.25) is 0 Å². The number of carboxylic acid groups (broad SMARTS) is 1. The summed E-state index contributed by atoms with van der Waals surface area (Å²) in [5.74, 6) is -0.895. The molecule has 3 aromatic rings. The second kappa shape index (κ2) is 13.3. The highest BCUT2D eigenvalue weighted by Crippen LogP contribution is 2.32. The minimum absolute atomic E-state index is 0.0684. The van der Waals surface area contributed by atoms with Crippen molar-refractivity contribution in [1.29, 1.82) is 0 Å². The van der Waals surface area contributed by atoms with Gasteiger partial charge in [-0.25, -0.2) is 24.4 Å². The molecule has 3 heterocycles. The summed E-state index contributed by atoms with van der Waals surface area (Å²) in [6, 6.07) is 5.25. The molecule has 17 nitrogen and oxygen atoms in total. The van der Waals surface area contributed by atoms with Gasteiger partial charge in [-0.3, -0.25) is 14.7 Å². The highest BCUT2D eigenvalue weighted by molar-refractivity contribution is 5.94. The Labute approximate surface area is 244 Å². The summed E-state index contributed by atoms with van der Waals surface area (Å²) in [4.78, 5) is 58.7. The fourth-order valence-corrected chi connectivity index (χ4v) is 4.36. The van der Waals surface area contributed by atoms with Gasteiger partial charge in [0.2, 0.25) is 6.29 Å². The van der Waals surface area contributed by atoms with Gasteiger partial charge in [0.05, 0.1) is 16.4 Å². The van der Waals surface area contributed by atoms with Gasteiger partial charge >= 0.3 is 23.8 Å². The Bertz CT molecular complexity index is 1510. The van der Waals surface area contributed by atoms with Crippen LogP contribution in [0.25, 0.3) is 11.0 Å². The topological polar surface area (TPSA) is 212 Å². The van der Waals surface area contributed by atoms with Crippen LogP contribution in [-0.4, -0.2) is 110 Å². The van der Waals surface area contributed by atoms with Crippen molar-refractivity contribution >= 4 is 40.6 Å². The first kappa shape index (κ1) is 30.9. The van der Waals surface area contributed by atoms with E-state index in [0.29, 0.717) is 22.4 Å². The Kier molecular flexibility index (Phi) is 9.56. The van der Waals surface area contributed by atoms with Crippen LogP contribution in [0.15, 0.2) is 36.8 Å². The van der Waals surface area contributed by atoms with Gasteiger partial charge in [0.25, 0.3) is 0 Å². The number of aliphatic carboxylic acids is 1. The maximum Gasteiger partial charge on any atom is 0.409 e. The van der Waals surface area contributed by atoms with E-state index in [2.05, 4.69) is 15.3 Å². The van der Waals surface area contributed by atoms with Crippen molar-refractivity contribution in [2.45, 2.75) is 37.9 Å². The number of nitro benzene ring substituents is 1. The number of aromatic nitrogens is 3. The van der Waals surface area contributed by atoms with E-state index < -0.39 is 41.2 Å². The number of carbonyl (C=O) groups excluding carboxylic acids is 2. The Morgan fingerprint density at radius 2 is 1.93 bits per heavy atom. The van der Waals surface area contributed by atoms with E-state index >= 15 is 0 Å². The van der Waals surface area contributed by atoms with Gasteiger partial charge in [0, 0.05) is 59.3 Å².